The lowest BCUT2D eigenvalue weighted by Crippen LogP contribution is -3.14. The van der Waals surface area contributed by atoms with Crippen molar-refractivity contribution in [1.82, 2.24) is 4.90 Å². The summed E-state index contributed by atoms with van der Waals surface area (Å²) >= 11 is 3.34. The summed E-state index contributed by atoms with van der Waals surface area (Å²) in [6.07, 6.45) is 0. The van der Waals surface area contributed by atoms with E-state index in [2.05, 4.69) is 15.9 Å². The van der Waals surface area contributed by atoms with Crippen LogP contribution in [-0.2, 0) is 14.3 Å². The van der Waals surface area contributed by atoms with Crippen LogP contribution in [0.15, 0.2) is 58.6 Å². The van der Waals surface area contributed by atoms with E-state index in [9.17, 15) is 24.8 Å². The minimum Gasteiger partial charge on any atom is -0.507 e. The number of nitro groups is 1. The van der Waals surface area contributed by atoms with Gasteiger partial charge in [-0.15, -0.1) is 0 Å². The molecule has 0 spiro atoms. The number of likely N-dealkylation sites (tertiary alicyclic amines) is 1. The SMILES string of the molecule is O=C1C(=O)N(CC[NH+]2CCOCC2)C(c2ccc([N+](=O)[O-])cc2)C1=C(O)c1ccc(Br)cc1. The van der Waals surface area contributed by atoms with E-state index in [0.717, 1.165) is 17.6 Å². The molecule has 2 heterocycles. The van der Waals surface area contributed by atoms with Gasteiger partial charge >= 0.3 is 0 Å². The number of amides is 1. The van der Waals surface area contributed by atoms with Crippen LogP contribution in [-0.4, -0.2) is 66.0 Å². The zero-order valence-corrected chi connectivity index (χ0v) is 19.3. The fraction of sp³-hybridized carbons (Fsp3) is 0.304. The van der Waals surface area contributed by atoms with Gasteiger partial charge in [-0.05, 0) is 29.8 Å². The standard InChI is InChI=1S/C23H22BrN3O6/c24-17-5-1-16(2-6-17)21(28)19-20(15-3-7-18(8-4-15)27(31)32)26(23(30)22(19)29)10-9-25-11-13-33-14-12-25/h1-8,20,28H,9-14H2/p+1. The summed E-state index contributed by atoms with van der Waals surface area (Å²) in [4.78, 5) is 39.4. The third-order valence-electron chi connectivity index (χ3n) is 5.98. The predicted octanol–water partition coefficient (Wildman–Crippen LogP) is 1.69. The second-order valence-electron chi connectivity index (χ2n) is 7.96. The van der Waals surface area contributed by atoms with E-state index < -0.39 is 22.7 Å². The molecule has 0 saturated carbocycles. The number of halogens is 1. The molecule has 172 valence electrons. The molecule has 0 radical (unpaired) electrons. The maximum absolute atomic E-state index is 13.1. The first-order valence-electron chi connectivity index (χ1n) is 10.6. The van der Waals surface area contributed by atoms with Crippen molar-refractivity contribution in [2.75, 3.05) is 39.4 Å². The summed E-state index contributed by atoms with van der Waals surface area (Å²) in [6.45, 7) is 3.83. The molecule has 1 amide bonds. The van der Waals surface area contributed by atoms with Crippen molar-refractivity contribution in [3.05, 3.63) is 79.8 Å². The minimum absolute atomic E-state index is 0.0202. The van der Waals surface area contributed by atoms with Crippen molar-refractivity contribution >= 4 is 39.1 Å². The van der Waals surface area contributed by atoms with Gasteiger partial charge in [0.2, 0.25) is 0 Å². The summed E-state index contributed by atoms with van der Waals surface area (Å²) in [5.41, 5.74) is 0.812. The van der Waals surface area contributed by atoms with Gasteiger partial charge in [0.05, 0.1) is 42.8 Å². The number of aliphatic hydroxyl groups is 1. The predicted molar refractivity (Wildman–Crippen MR) is 123 cm³/mol. The van der Waals surface area contributed by atoms with Crippen LogP contribution in [0.4, 0.5) is 5.69 Å². The highest BCUT2D eigenvalue weighted by atomic mass is 79.9. The van der Waals surface area contributed by atoms with Crippen LogP contribution in [0.5, 0.6) is 0 Å². The van der Waals surface area contributed by atoms with Gasteiger partial charge < -0.3 is 19.6 Å². The van der Waals surface area contributed by atoms with Gasteiger partial charge in [0.25, 0.3) is 17.4 Å². The van der Waals surface area contributed by atoms with Gasteiger partial charge in [-0.2, -0.15) is 0 Å². The fourth-order valence-corrected chi connectivity index (χ4v) is 4.45. The molecule has 9 nitrogen and oxygen atoms in total. The fourth-order valence-electron chi connectivity index (χ4n) is 4.19. The number of quaternary nitrogens is 1. The Labute approximate surface area is 198 Å². The van der Waals surface area contributed by atoms with Gasteiger partial charge in [-0.3, -0.25) is 19.7 Å². The zero-order valence-electron chi connectivity index (χ0n) is 17.7. The van der Waals surface area contributed by atoms with Crippen LogP contribution in [0.1, 0.15) is 17.2 Å². The molecule has 2 aliphatic heterocycles. The molecule has 2 saturated heterocycles. The molecule has 0 aromatic heterocycles. The smallest absolute Gasteiger partial charge is 0.295 e. The Balaban J connectivity index is 1.74. The molecule has 4 rings (SSSR count). The number of Topliss-reactive ketones (excluding diaryl/α,β-unsaturated/α-hetero) is 1. The Hall–Kier alpha value is -3.08. The van der Waals surface area contributed by atoms with Crippen LogP contribution >= 0.6 is 15.9 Å². The maximum Gasteiger partial charge on any atom is 0.295 e. The number of carbonyl (C=O) groups is 2. The number of rotatable bonds is 6. The number of hydrogen-bond acceptors (Lipinski definition) is 6. The van der Waals surface area contributed by atoms with Crippen molar-refractivity contribution in [3.63, 3.8) is 0 Å². The highest BCUT2D eigenvalue weighted by molar-refractivity contribution is 9.10. The van der Waals surface area contributed by atoms with Gasteiger partial charge in [-0.25, -0.2) is 0 Å². The van der Waals surface area contributed by atoms with Crippen molar-refractivity contribution in [2.45, 2.75) is 6.04 Å². The Bertz CT molecular complexity index is 1090. The number of ketones is 1. The first-order valence-corrected chi connectivity index (χ1v) is 11.4. The number of ether oxygens (including phenoxy) is 1. The molecule has 1 atom stereocenters. The van der Waals surface area contributed by atoms with Crippen molar-refractivity contribution < 1.29 is 29.3 Å². The third-order valence-corrected chi connectivity index (χ3v) is 6.51. The normalized spacial score (nSPS) is 20.9. The summed E-state index contributed by atoms with van der Waals surface area (Å²) < 4.78 is 6.19. The Kier molecular flexibility index (Phi) is 6.87. The average molecular weight is 517 g/mol. The topological polar surface area (TPSA) is 114 Å². The molecule has 2 fully saturated rings. The number of morpholine rings is 1. The summed E-state index contributed by atoms with van der Waals surface area (Å²) in [6, 6.07) is 11.6. The quantitative estimate of drug-likeness (QED) is 0.198. The summed E-state index contributed by atoms with van der Waals surface area (Å²) in [5, 5.41) is 22.1. The van der Waals surface area contributed by atoms with Crippen LogP contribution < -0.4 is 4.90 Å². The van der Waals surface area contributed by atoms with Crippen LogP contribution in [0, 0.1) is 10.1 Å². The van der Waals surface area contributed by atoms with Crippen molar-refractivity contribution in [2.24, 2.45) is 0 Å². The van der Waals surface area contributed by atoms with Crippen LogP contribution in [0.2, 0.25) is 0 Å². The molecule has 33 heavy (non-hydrogen) atoms. The third kappa shape index (κ3) is 4.82. The van der Waals surface area contributed by atoms with E-state index in [0.29, 0.717) is 37.4 Å². The van der Waals surface area contributed by atoms with Gasteiger partial charge in [-0.1, -0.05) is 28.1 Å². The largest absolute Gasteiger partial charge is 0.507 e. The molecule has 10 heteroatoms. The molecule has 2 aliphatic rings. The van der Waals surface area contributed by atoms with Gasteiger partial charge in [0, 0.05) is 22.2 Å². The van der Waals surface area contributed by atoms with E-state index in [1.54, 1.807) is 24.3 Å². The highest BCUT2D eigenvalue weighted by Crippen LogP contribution is 2.39. The molecular weight excluding hydrogens is 494 g/mol. The number of benzene rings is 2. The Morgan fingerprint density at radius 2 is 1.76 bits per heavy atom. The molecular formula is C23H23BrN3O6+. The summed E-state index contributed by atoms with van der Waals surface area (Å²) in [7, 11) is 0. The number of aliphatic hydroxyl groups excluding tert-OH is 1. The number of nitrogens with one attached hydrogen (secondary N) is 1. The Morgan fingerprint density at radius 3 is 2.36 bits per heavy atom. The number of nitro benzene ring substituents is 1. The van der Waals surface area contributed by atoms with E-state index >= 15 is 0 Å². The van der Waals surface area contributed by atoms with E-state index in [1.807, 2.05) is 0 Å². The lowest BCUT2D eigenvalue weighted by atomic mass is 9.95. The molecule has 0 bridgehead atoms. The Morgan fingerprint density at radius 1 is 1.12 bits per heavy atom. The molecule has 2 aromatic rings. The zero-order chi connectivity index (χ0) is 23.5. The van der Waals surface area contributed by atoms with Crippen molar-refractivity contribution in [3.8, 4) is 0 Å². The minimum atomic E-state index is -0.838. The second kappa shape index (κ2) is 9.82. The number of nitrogens with zero attached hydrogens (tertiary/aromatic N) is 2. The van der Waals surface area contributed by atoms with Crippen LogP contribution in [0.3, 0.4) is 0 Å². The number of carbonyl (C=O) groups excluding carboxylic acids is 2. The summed E-state index contributed by atoms with van der Waals surface area (Å²) in [5.74, 6) is -1.73. The second-order valence-corrected chi connectivity index (χ2v) is 8.88. The lowest BCUT2D eigenvalue weighted by Gasteiger charge is -2.29. The van der Waals surface area contributed by atoms with E-state index in [-0.39, 0.29) is 17.0 Å². The first-order chi connectivity index (χ1) is 15.9. The first kappa shape index (κ1) is 23.1. The monoisotopic (exact) mass is 516 g/mol. The maximum atomic E-state index is 13.1. The van der Waals surface area contributed by atoms with Gasteiger partial charge in [0.1, 0.15) is 18.8 Å². The average Bonchev–Trinajstić information content (AvgIpc) is 3.08. The molecule has 1 unspecified atom stereocenters. The molecule has 2 N–H and O–H groups in total. The molecule has 0 aliphatic carbocycles. The van der Waals surface area contributed by atoms with E-state index in [4.69, 9.17) is 4.74 Å². The molecule has 2 aromatic carbocycles. The van der Waals surface area contributed by atoms with Gasteiger partial charge in [0.15, 0.2) is 0 Å². The number of hydrogen-bond donors (Lipinski definition) is 2. The van der Waals surface area contributed by atoms with E-state index in [1.165, 1.54) is 34.1 Å². The highest BCUT2D eigenvalue weighted by Gasteiger charge is 2.46. The van der Waals surface area contributed by atoms with Crippen molar-refractivity contribution in [1.29, 1.82) is 0 Å². The lowest BCUT2D eigenvalue weighted by molar-refractivity contribution is -0.907. The number of non-ortho nitro benzene ring substituents is 1. The van der Waals surface area contributed by atoms with Crippen LogP contribution in [0.25, 0.3) is 5.76 Å².